The molecule has 0 radical (unpaired) electrons. The predicted molar refractivity (Wildman–Crippen MR) is 160 cm³/mol. The van der Waals surface area contributed by atoms with Crippen LogP contribution in [0.25, 0.3) is 65.7 Å². The second kappa shape index (κ2) is 8.76. The zero-order valence-corrected chi connectivity index (χ0v) is 20.8. The second-order valence-electron chi connectivity index (χ2n) is 9.77. The molecule has 7 rings (SSSR count). The van der Waals surface area contributed by atoms with Gasteiger partial charge in [-0.1, -0.05) is 127 Å². The third-order valence-corrected chi connectivity index (χ3v) is 7.58. The van der Waals surface area contributed by atoms with Crippen molar-refractivity contribution in [2.24, 2.45) is 0 Å². The highest BCUT2D eigenvalue weighted by Gasteiger charge is 2.19. The highest BCUT2D eigenvalue weighted by atomic mass is 14.2. The first-order valence-corrected chi connectivity index (χ1v) is 12.9. The van der Waals surface area contributed by atoms with Crippen LogP contribution in [0, 0.1) is 6.92 Å². The number of aryl methyl sites for hydroxylation is 1. The normalized spacial score (nSPS) is 11.4. The van der Waals surface area contributed by atoms with Crippen molar-refractivity contribution in [2.75, 3.05) is 0 Å². The van der Waals surface area contributed by atoms with E-state index in [1.165, 1.54) is 71.3 Å². The molecular formula is C37H26. The number of rotatable bonds is 3. The molecule has 174 valence electrons. The summed E-state index contributed by atoms with van der Waals surface area (Å²) in [6, 6.07) is 50.8. The Kier molecular flexibility index (Phi) is 5.11. The van der Waals surface area contributed by atoms with Crippen molar-refractivity contribution in [3.63, 3.8) is 0 Å². The van der Waals surface area contributed by atoms with Crippen LogP contribution < -0.4 is 0 Å². The summed E-state index contributed by atoms with van der Waals surface area (Å²) in [7, 11) is 0. The average Bonchev–Trinajstić information content (AvgIpc) is 2.96. The minimum absolute atomic E-state index is 1.24. The van der Waals surface area contributed by atoms with Crippen LogP contribution in [-0.4, -0.2) is 0 Å². The first-order chi connectivity index (χ1) is 18.3. The van der Waals surface area contributed by atoms with Crippen LogP contribution in [0.3, 0.4) is 0 Å². The molecule has 0 nitrogen and oxygen atoms in total. The van der Waals surface area contributed by atoms with E-state index in [9.17, 15) is 0 Å². The summed E-state index contributed by atoms with van der Waals surface area (Å²) in [5, 5.41) is 7.69. The highest BCUT2D eigenvalue weighted by molar-refractivity contribution is 6.24. The maximum atomic E-state index is 2.39. The third kappa shape index (κ3) is 3.53. The topological polar surface area (TPSA) is 0 Å². The van der Waals surface area contributed by atoms with Gasteiger partial charge < -0.3 is 0 Å². The first-order valence-electron chi connectivity index (χ1n) is 12.9. The van der Waals surface area contributed by atoms with Crippen molar-refractivity contribution in [2.45, 2.75) is 6.92 Å². The Balaban J connectivity index is 1.67. The van der Waals surface area contributed by atoms with Gasteiger partial charge in [0.2, 0.25) is 0 Å². The highest BCUT2D eigenvalue weighted by Crippen LogP contribution is 2.46. The Morgan fingerprint density at radius 2 is 0.838 bits per heavy atom. The van der Waals surface area contributed by atoms with Gasteiger partial charge in [0.1, 0.15) is 0 Å². The fourth-order valence-electron chi connectivity index (χ4n) is 5.88. The molecule has 0 aromatic heterocycles. The van der Waals surface area contributed by atoms with Gasteiger partial charge in [0.05, 0.1) is 0 Å². The Morgan fingerprint density at radius 1 is 0.351 bits per heavy atom. The van der Waals surface area contributed by atoms with Crippen molar-refractivity contribution in [3.05, 3.63) is 145 Å². The Morgan fingerprint density at radius 3 is 1.46 bits per heavy atom. The van der Waals surface area contributed by atoms with Gasteiger partial charge in [0.15, 0.2) is 0 Å². The van der Waals surface area contributed by atoms with E-state index in [1.54, 1.807) is 0 Å². The quantitative estimate of drug-likeness (QED) is 0.225. The smallest absolute Gasteiger partial charge is 0.00199 e. The minimum atomic E-state index is 1.24. The molecule has 7 aromatic carbocycles. The summed E-state index contributed by atoms with van der Waals surface area (Å²) in [6.07, 6.45) is 0. The summed E-state index contributed by atoms with van der Waals surface area (Å²) in [4.78, 5) is 0. The monoisotopic (exact) mass is 470 g/mol. The Labute approximate surface area is 217 Å². The zero-order valence-electron chi connectivity index (χ0n) is 20.8. The minimum Gasteiger partial charge on any atom is -0.0622 e. The van der Waals surface area contributed by atoms with Crippen molar-refractivity contribution >= 4 is 32.3 Å². The molecule has 0 heterocycles. The lowest BCUT2D eigenvalue weighted by Crippen LogP contribution is -1.93. The summed E-state index contributed by atoms with van der Waals surface area (Å²) in [6.45, 7) is 2.21. The van der Waals surface area contributed by atoms with Gasteiger partial charge in [-0.3, -0.25) is 0 Å². The summed E-state index contributed by atoms with van der Waals surface area (Å²) in [5.41, 5.74) is 8.96. The van der Waals surface area contributed by atoms with Gasteiger partial charge in [-0.25, -0.2) is 0 Å². The zero-order chi connectivity index (χ0) is 24.8. The summed E-state index contributed by atoms with van der Waals surface area (Å²) in [5.74, 6) is 0. The van der Waals surface area contributed by atoms with Crippen molar-refractivity contribution in [1.82, 2.24) is 0 Å². The van der Waals surface area contributed by atoms with E-state index in [2.05, 4.69) is 146 Å². The van der Waals surface area contributed by atoms with Crippen LogP contribution in [0.1, 0.15) is 5.56 Å². The van der Waals surface area contributed by atoms with Gasteiger partial charge >= 0.3 is 0 Å². The first kappa shape index (κ1) is 21.6. The molecule has 0 saturated heterocycles. The Hall–Kier alpha value is -4.68. The molecule has 37 heavy (non-hydrogen) atoms. The van der Waals surface area contributed by atoms with Crippen LogP contribution in [0.5, 0.6) is 0 Å². The molecule has 0 aliphatic carbocycles. The van der Waals surface area contributed by atoms with Gasteiger partial charge in [-0.15, -0.1) is 0 Å². The fourth-order valence-corrected chi connectivity index (χ4v) is 5.88. The number of hydrogen-bond donors (Lipinski definition) is 0. The van der Waals surface area contributed by atoms with Crippen molar-refractivity contribution < 1.29 is 0 Å². The standard InChI is InChI=1S/C37H26/c1-25-13-5-7-17-29(25)36-31-19-9-11-21-33(31)37(34-22-12-10-20-32(34)36)35-24-28(26-14-3-2-4-15-26)23-27-16-6-8-18-30(27)35/h2-24H,1H3. The molecule has 0 aliphatic heterocycles. The van der Waals surface area contributed by atoms with E-state index >= 15 is 0 Å². The fraction of sp³-hybridized carbons (Fsp3) is 0.0270. The van der Waals surface area contributed by atoms with Crippen LogP contribution in [0.4, 0.5) is 0 Å². The molecule has 0 unspecified atom stereocenters. The van der Waals surface area contributed by atoms with Crippen LogP contribution >= 0.6 is 0 Å². The molecular weight excluding hydrogens is 444 g/mol. The summed E-state index contributed by atoms with van der Waals surface area (Å²) >= 11 is 0. The molecule has 0 saturated carbocycles. The van der Waals surface area contributed by atoms with E-state index < -0.39 is 0 Å². The van der Waals surface area contributed by atoms with E-state index in [0.717, 1.165) is 0 Å². The lowest BCUT2D eigenvalue weighted by atomic mass is 9.83. The SMILES string of the molecule is Cc1ccccc1-c1c2ccccc2c(-c2cc(-c3ccccc3)cc3ccccc23)c2ccccc12. The van der Waals surface area contributed by atoms with Gasteiger partial charge in [0.25, 0.3) is 0 Å². The molecule has 0 fully saturated rings. The van der Waals surface area contributed by atoms with Gasteiger partial charge in [0, 0.05) is 0 Å². The van der Waals surface area contributed by atoms with Crippen molar-refractivity contribution in [1.29, 1.82) is 0 Å². The predicted octanol–water partition coefficient (Wildman–Crippen LogP) is 10.5. The Bertz CT molecular complexity index is 1870. The van der Waals surface area contributed by atoms with E-state index in [-0.39, 0.29) is 0 Å². The number of fused-ring (bicyclic) bond motifs is 3. The second-order valence-corrected chi connectivity index (χ2v) is 9.77. The van der Waals surface area contributed by atoms with Crippen LogP contribution in [0.2, 0.25) is 0 Å². The van der Waals surface area contributed by atoms with Crippen LogP contribution in [-0.2, 0) is 0 Å². The molecule has 0 spiro atoms. The average molecular weight is 471 g/mol. The van der Waals surface area contributed by atoms with Crippen molar-refractivity contribution in [3.8, 4) is 33.4 Å². The van der Waals surface area contributed by atoms with E-state index in [0.29, 0.717) is 0 Å². The van der Waals surface area contributed by atoms with E-state index in [1.807, 2.05) is 0 Å². The molecule has 0 aliphatic rings. The molecule has 0 amide bonds. The van der Waals surface area contributed by atoms with E-state index in [4.69, 9.17) is 0 Å². The lowest BCUT2D eigenvalue weighted by molar-refractivity contribution is 1.47. The van der Waals surface area contributed by atoms with Gasteiger partial charge in [-0.05, 0) is 90.3 Å². The number of benzene rings is 7. The molecule has 0 atom stereocenters. The number of hydrogen-bond acceptors (Lipinski definition) is 0. The molecule has 7 aromatic rings. The maximum absolute atomic E-state index is 2.39. The summed E-state index contributed by atoms with van der Waals surface area (Å²) < 4.78 is 0. The lowest BCUT2D eigenvalue weighted by Gasteiger charge is -2.20. The molecule has 0 heteroatoms. The molecule has 0 bridgehead atoms. The third-order valence-electron chi connectivity index (χ3n) is 7.58. The molecule has 0 N–H and O–H groups in total. The van der Waals surface area contributed by atoms with Crippen LogP contribution in [0.15, 0.2) is 140 Å². The van der Waals surface area contributed by atoms with Gasteiger partial charge in [-0.2, -0.15) is 0 Å². The largest absolute Gasteiger partial charge is 0.0622 e. The maximum Gasteiger partial charge on any atom is -0.00199 e.